The first-order chi connectivity index (χ1) is 9.11. The van der Waals surface area contributed by atoms with Gasteiger partial charge in [0.25, 0.3) is 0 Å². The third-order valence-electron chi connectivity index (χ3n) is 2.42. The van der Waals surface area contributed by atoms with Gasteiger partial charge in [-0.15, -0.1) is 10.2 Å². The highest BCUT2D eigenvalue weighted by Crippen LogP contribution is 2.22. The second kappa shape index (κ2) is 5.79. The Labute approximate surface area is 113 Å². The summed E-state index contributed by atoms with van der Waals surface area (Å²) in [4.78, 5) is 10.7. The van der Waals surface area contributed by atoms with Gasteiger partial charge in [-0.3, -0.25) is 0 Å². The number of carbonyl (C=O) groups is 1. The van der Waals surface area contributed by atoms with Crippen molar-refractivity contribution in [2.75, 3.05) is 5.84 Å². The fourth-order valence-corrected chi connectivity index (χ4v) is 2.28. The number of nitrogens with two attached hydrogens (primary N) is 1. The largest absolute Gasteiger partial charge is 0.475 e. The van der Waals surface area contributed by atoms with Gasteiger partial charge in [0.05, 0.1) is 5.75 Å². The molecule has 19 heavy (non-hydrogen) atoms. The molecule has 0 aliphatic rings. The normalized spacial score (nSPS) is 10.8. The molecule has 2 aromatic heterocycles. The molecule has 3 N–H and O–H groups in total. The number of nitrogens with zero attached hydrogens (tertiary/aromatic N) is 3. The molecule has 0 unspecified atom stereocenters. The van der Waals surface area contributed by atoms with Crippen LogP contribution in [0.2, 0.25) is 0 Å². The van der Waals surface area contributed by atoms with Crippen molar-refractivity contribution in [2.45, 2.75) is 30.7 Å². The van der Waals surface area contributed by atoms with Crippen LogP contribution in [-0.2, 0) is 12.2 Å². The number of carboxylic acid groups (broad SMARTS) is 1. The summed E-state index contributed by atoms with van der Waals surface area (Å²) >= 11 is 1.35. The number of aromatic carboxylic acids is 1. The molecule has 0 bridgehead atoms. The monoisotopic (exact) mass is 282 g/mol. The van der Waals surface area contributed by atoms with Gasteiger partial charge in [0.2, 0.25) is 10.9 Å². The van der Waals surface area contributed by atoms with E-state index in [4.69, 9.17) is 15.4 Å². The van der Waals surface area contributed by atoms with Crippen LogP contribution in [0.3, 0.4) is 0 Å². The van der Waals surface area contributed by atoms with E-state index in [1.54, 1.807) is 6.07 Å². The van der Waals surface area contributed by atoms with E-state index in [0.717, 1.165) is 18.7 Å². The Kier molecular flexibility index (Phi) is 4.10. The summed E-state index contributed by atoms with van der Waals surface area (Å²) in [5.74, 6) is 6.44. The maximum Gasteiger partial charge on any atom is 0.371 e. The van der Waals surface area contributed by atoms with E-state index >= 15 is 0 Å². The highest BCUT2D eigenvalue weighted by atomic mass is 32.2. The minimum Gasteiger partial charge on any atom is -0.475 e. The zero-order valence-corrected chi connectivity index (χ0v) is 11.2. The first-order valence-electron chi connectivity index (χ1n) is 5.76. The number of hydrogen-bond donors (Lipinski definition) is 2. The summed E-state index contributed by atoms with van der Waals surface area (Å²) in [6.45, 7) is 2.04. The van der Waals surface area contributed by atoms with E-state index in [-0.39, 0.29) is 5.76 Å². The molecule has 0 radical (unpaired) electrons. The Morgan fingerprint density at radius 3 is 2.95 bits per heavy atom. The van der Waals surface area contributed by atoms with Crippen molar-refractivity contribution in [3.63, 3.8) is 0 Å². The summed E-state index contributed by atoms with van der Waals surface area (Å²) in [6.07, 6.45) is 1.72. The van der Waals surface area contributed by atoms with E-state index in [1.165, 1.54) is 22.5 Å². The average molecular weight is 282 g/mol. The van der Waals surface area contributed by atoms with Gasteiger partial charge in [-0.25, -0.2) is 9.47 Å². The number of furan rings is 1. The maximum absolute atomic E-state index is 10.7. The Bertz CT molecular complexity index is 578. The minimum atomic E-state index is -1.08. The topological polar surface area (TPSA) is 107 Å². The fraction of sp³-hybridized carbons (Fsp3) is 0.364. The second-order valence-corrected chi connectivity index (χ2v) is 4.82. The van der Waals surface area contributed by atoms with E-state index in [2.05, 4.69) is 10.2 Å². The summed E-state index contributed by atoms with van der Waals surface area (Å²) in [5, 5.41) is 17.3. The van der Waals surface area contributed by atoms with Crippen LogP contribution in [0.25, 0.3) is 0 Å². The molecule has 0 aromatic carbocycles. The van der Waals surface area contributed by atoms with Gasteiger partial charge in [-0.1, -0.05) is 18.7 Å². The lowest BCUT2D eigenvalue weighted by Gasteiger charge is -2.01. The molecule has 0 spiro atoms. The van der Waals surface area contributed by atoms with Crippen LogP contribution in [0.5, 0.6) is 0 Å². The van der Waals surface area contributed by atoms with Crippen LogP contribution < -0.4 is 5.84 Å². The third-order valence-corrected chi connectivity index (χ3v) is 3.39. The maximum atomic E-state index is 10.7. The summed E-state index contributed by atoms with van der Waals surface area (Å²) in [7, 11) is 0. The van der Waals surface area contributed by atoms with Gasteiger partial charge in [-0.05, 0) is 18.6 Å². The predicted octanol–water partition coefficient (Wildman–Crippen LogP) is 1.53. The number of carboxylic acids is 1. The van der Waals surface area contributed by atoms with E-state index in [9.17, 15) is 4.79 Å². The molecule has 0 saturated carbocycles. The Hall–Kier alpha value is -1.96. The smallest absolute Gasteiger partial charge is 0.371 e. The number of nitrogen functional groups attached to an aromatic ring is 1. The van der Waals surface area contributed by atoms with Crippen LogP contribution >= 0.6 is 11.8 Å². The molecule has 102 valence electrons. The summed E-state index contributed by atoms with van der Waals surface area (Å²) < 4.78 is 6.60. The van der Waals surface area contributed by atoms with Crippen molar-refractivity contribution in [1.29, 1.82) is 0 Å². The van der Waals surface area contributed by atoms with Crippen molar-refractivity contribution in [3.8, 4) is 0 Å². The Balaban J connectivity index is 1.99. The van der Waals surface area contributed by atoms with Gasteiger partial charge in [0, 0.05) is 6.42 Å². The van der Waals surface area contributed by atoms with Crippen LogP contribution in [0, 0.1) is 0 Å². The van der Waals surface area contributed by atoms with E-state index in [0.29, 0.717) is 16.7 Å². The average Bonchev–Trinajstić information content (AvgIpc) is 2.97. The first-order valence-corrected chi connectivity index (χ1v) is 6.74. The molecule has 0 atom stereocenters. The molecule has 7 nitrogen and oxygen atoms in total. The number of aryl methyl sites for hydroxylation is 1. The number of rotatable bonds is 6. The molecule has 2 heterocycles. The SMILES string of the molecule is CCCc1nnc(SCc2ccc(C(=O)O)o2)n1N. The van der Waals surface area contributed by atoms with Crippen LogP contribution in [0.15, 0.2) is 21.7 Å². The molecular weight excluding hydrogens is 268 g/mol. The van der Waals surface area contributed by atoms with Crippen LogP contribution in [0.1, 0.15) is 35.5 Å². The minimum absolute atomic E-state index is 0.0727. The zero-order valence-electron chi connectivity index (χ0n) is 10.4. The van der Waals surface area contributed by atoms with Crippen molar-refractivity contribution in [2.24, 2.45) is 0 Å². The predicted molar refractivity (Wildman–Crippen MR) is 69.4 cm³/mol. The molecule has 0 amide bonds. The van der Waals surface area contributed by atoms with E-state index in [1.807, 2.05) is 6.92 Å². The Morgan fingerprint density at radius 1 is 1.53 bits per heavy atom. The quantitative estimate of drug-likeness (QED) is 0.611. The lowest BCUT2D eigenvalue weighted by atomic mass is 10.3. The number of hydrogen-bond acceptors (Lipinski definition) is 6. The highest BCUT2D eigenvalue weighted by Gasteiger charge is 2.12. The molecule has 0 aliphatic carbocycles. The highest BCUT2D eigenvalue weighted by molar-refractivity contribution is 7.98. The molecule has 2 rings (SSSR count). The molecule has 0 fully saturated rings. The Morgan fingerprint density at radius 2 is 2.32 bits per heavy atom. The lowest BCUT2D eigenvalue weighted by molar-refractivity contribution is 0.0661. The van der Waals surface area contributed by atoms with Crippen molar-refractivity contribution in [1.82, 2.24) is 14.9 Å². The number of thioether (sulfide) groups is 1. The zero-order chi connectivity index (χ0) is 13.8. The molecule has 8 heteroatoms. The summed E-state index contributed by atoms with van der Waals surface area (Å²) in [5.41, 5.74) is 0. The van der Waals surface area contributed by atoms with Gasteiger partial charge in [0.1, 0.15) is 5.76 Å². The molecular formula is C11H14N4O3S. The fourth-order valence-electron chi connectivity index (χ4n) is 1.51. The van der Waals surface area contributed by atoms with Crippen molar-refractivity contribution < 1.29 is 14.3 Å². The first kappa shape index (κ1) is 13.5. The van der Waals surface area contributed by atoms with Crippen LogP contribution in [0.4, 0.5) is 0 Å². The second-order valence-electron chi connectivity index (χ2n) is 3.88. The van der Waals surface area contributed by atoms with Gasteiger partial charge < -0.3 is 15.4 Å². The van der Waals surface area contributed by atoms with Crippen LogP contribution in [-0.4, -0.2) is 25.9 Å². The van der Waals surface area contributed by atoms with Crippen molar-refractivity contribution >= 4 is 17.7 Å². The standard InChI is InChI=1S/C11H14N4O3S/c1-2-3-9-13-14-11(15(9)12)19-6-7-4-5-8(18-7)10(16)17/h4-5H,2-3,6,12H2,1H3,(H,16,17). The molecule has 2 aromatic rings. The number of aromatic nitrogens is 3. The van der Waals surface area contributed by atoms with Gasteiger partial charge in [0.15, 0.2) is 5.82 Å². The molecule has 0 aliphatic heterocycles. The van der Waals surface area contributed by atoms with E-state index < -0.39 is 5.97 Å². The van der Waals surface area contributed by atoms with Gasteiger partial charge >= 0.3 is 5.97 Å². The summed E-state index contributed by atoms with van der Waals surface area (Å²) in [6, 6.07) is 3.05. The van der Waals surface area contributed by atoms with Gasteiger partial charge in [-0.2, -0.15) is 0 Å². The van der Waals surface area contributed by atoms with Crippen molar-refractivity contribution in [3.05, 3.63) is 29.5 Å². The third kappa shape index (κ3) is 3.08. The molecule has 0 saturated heterocycles. The lowest BCUT2D eigenvalue weighted by Crippen LogP contribution is -2.13.